The molecule has 112 valence electrons. The molecule has 2 N–H and O–H groups in total. The molecule has 2 aromatic carbocycles. The second kappa shape index (κ2) is 7.84. The molecule has 0 heterocycles. The molecule has 0 bridgehead atoms. The Bertz CT molecular complexity index is 519. The Morgan fingerprint density at radius 1 is 0.857 bits per heavy atom. The van der Waals surface area contributed by atoms with Crippen LogP contribution in [-0.4, -0.2) is 17.7 Å². The van der Waals surface area contributed by atoms with Crippen LogP contribution in [0.15, 0.2) is 54.6 Å². The maximum atomic E-state index is 9.39. The van der Waals surface area contributed by atoms with E-state index in [0.29, 0.717) is 17.7 Å². The van der Waals surface area contributed by atoms with E-state index in [1.807, 2.05) is 12.1 Å². The Morgan fingerprint density at radius 3 is 2.00 bits per heavy atom. The first-order chi connectivity index (χ1) is 10.1. The van der Waals surface area contributed by atoms with Gasteiger partial charge in [0.25, 0.3) is 0 Å². The van der Waals surface area contributed by atoms with Gasteiger partial charge in [-0.25, -0.2) is 0 Å². The highest BCUT2D eigenvalue weighted by molar-refractivity contribution is 5.26. The highest BCUT2D eigenvalue weighted by Crippen LogP contribution is 2.17. The average Bonchev–Trinajstić information content (AvgIpc) is 2.48. The predicted molar refractivity (Wildman–Crippen MR) is 88.6 cm³/mol. The smallest absolute Gasteiger partial charge is 0.115 e. The summed E-state index contributed by atoms with van der Waals surface area (Å²) in [5.74, 6) is 0.887. The van der Waals surface area contributed by atoms with Crippen LogP contribution in [0.1, 0.15) is 25.0 Å². The highest BCUT2D eigenvalue weighted by Gasteiger charge is 2.11. The van der Waals surface area contributed by atoms with Gasteiger partial charge in [0.15, 0.2) is 0 Å². The van der Waals surface area contributed by atoms with Crippen LogP contribution in [0.2, 0.25) is 0 Å². The molecular formula is C19H25NO. The Morgan fingerprint density at radius 2 is 1.43 bits per heavy atom. The van der Waals surface area contributed by atoms with E-state index in [2.05, 4.69) is 49.5 Å². The Kier molecular flexibility index (Phi) is 5.82. The van der Waals surface area contributed by atoms with E-state index >= 15 is 0 Å². The molecule has 1 unspecified atom stereocenters. The molecule has 0 amide bonds. The van der Waals surface area contributed by atoms with E-state index in [1.54, 1.807) is 12.1 Å². The van der Waals surface area contributed by atoms with Gasteiger partial charge in [-0.05, 0) is 48.6 Å². The van der Waals surface area contributed by atoms with Crippen molar-refractivity contribution in [2.24, 2.45) is 5.92 Å². The SMILES string of the molecule is CC(C)NCC(Cc1ccccc1)Cc1ccc(O)cc1. The van der Waals surface area contributed by atoms with Crippen LogP contribution < -0.4 is 5.32 Å². The Balaban J connectivity index is 2.02. The van der Waals surface area contributed by atoms with Gasteiger partial charge in [-0.15, -0.1) is 0 Å². The lowest BCUT2D eigenvalue weighted by Crippen LogP contribution is -2.31. The van der Waals surface area contributed by atoms with Gasteiger partial charge in [0.1, 0.15) is 5.75 Å². The molecule has 2 aromatic rings. The van der Waals surface area contributed by atoms with Gasteiger partial charge < -0.3 is 10.4 Å². The summed E-state index contributed by atoms with van der Waals surface area (Å²) < 4.78 is 0. The number of nitrogens with one attached hydrogen (secondary N) is 1. The van der Waals surface area contributed by atoms with Crippen molar-refractivity contribution < 1.29 is 5.11 Å². The summed E-state index contributed by atoms with van der Waals surface area (Å²) in [4.78, 5) is 0. The van der Waals surface area contributed by atoms with Crippen molar-refractivity contribution in [3.63, 3.8) is 0 Å². The molecule has 0 spiro atoms. The highest BCUT2D eigenvalue weighted by atomic mass is 16.3. The quantitative estimate of drug-likeness (QED) is 0.810. The van der Waals surface area contributed by atoms with Crippen LogP contribution in [0.5, 0.6) is 5.75 Å². The van der Waals surface area contributed by atoms with Crippen LogP contribution in [0, 0.1) is 5.92 Å². The lowest BCUT2D eigenvalue weighted by Gasteiger charge is -2.20. The molecule has 2 heteroatoms. The second-order valence-corrected chi connectivity index (χ2v) is 5.99. The zero-order valence-corrected chi connectivity index (χ0v) is 12.9. The average molecular weight is 283 g/mol. The van der Waals surface area contributed by atoms with Gasteiger partial charge >= 0.3 is 0 Å². The lowest BCUT2D eigenvalue weighted by atomic mass is 9.92. The fraction of sp³-hybridized carbons (Fsp3) is 0.368. The third-order valence-corrected chi connectivity index (χ3v) is 3.64. The van der Waals surface area contributed by atoms with Crippen molar-refractivity contribution in [3.8, 4) is 5.75 Å². The number of rotatable bonds is 7. The molecule has 21 heavy (non-hydrogen) atoms. The van der Waals surface area contributed by atoms with Crippen molar-refractivity contribution >= 4 is 0 Å². The van der Waals surface area contributed by atoms with Crippen molar-refractivity contribution in [1.29, 1.82) is 0 Å². The fourth-order valence-electron chi connectivity index (χ4n) is 2.53. The van der Waals surface area contributed by atoms with Gasteiger partial charge in [0, 0.05) is 6.04 Å². The second-order valence-electron chi connectivity index (χ2n) is 5.99. The first kappa shape index (κ1) is 15.6. The number of aromatic hydroxyl groups is 1. The van der Waals surface area contributed by atoms with E-state index in [0.717, 1.165) is 19.4 Å². The minimum atomic E-state index is 0.332. The molecule has 0 aromatic heterocycles. The molecule has 0 aliphatic carbocycles. The van der Waals surface area contributed by atoms with Crippen molar-refractivity contribution in [3.05, 3.63) is 65.7 Å². The first-order valence-electron chi connectivity index (χ1n) is 7.68. The minimum Gasteiger partial charge on any atom is -0.508 e. The minimum absolute atomic E-state index is 0.332. The van der Waals surface area contributed by atoms with Crippen LogP contribution in [0.25, 0.3) is 0 Å². The van der Waals surface area contributed by atoms with Crippen LogP contribution in [0.4, 0.5) is 0 Å². The topological polar surface area (TPSA) is 32.3 Å². The fourth-order valence-corrected chi connectivity index (χ4v) is 2.53. The molecule has 0 aliphatic rings. The number of phenolic OH excluding ortho intramolecular Hbond substituents is 1. The van der Waals surface area contributed by atoms with Crippen LogP contribution >= 0.6 is 0 Å². The summed E-state index contributed by atoms with van der Waals surface area (Å²) >= 11 is 0. The van der Waals surface area contributed by atoms with E-state index in [4.69, 9.17) is 0 Å². The molecule has 0 aliphatic heterocycles. The van der Waals surface area contributed by atoms with Crippen molar-refractivity contribution in [1.82, 2.24) is 5.32 Å². The molecule has 0 saturated heterocycles. The molecule has 0 radical (unpaired) electrons. The molecule has 0 saturated carbocycles. The number of hydrogen-bond acceptors (Lipinski definition) is 2. The number of phenols is 1. The predicted octanol–water partition coefficient (Wildman–Crippen LogP) is 3.79. The molecule has 2 rings (SSSR count). The summed E-state index contributed by atoms with van der Waals surface area (Å²) in [5.41, 5.74) is 2.66. The van der Waals surface area contributed by atoms with Gasteiger partial charge in [0.05, 0.1) is 0 Å². The van der Waals surface area contributed by atoms with E-state index < -0.39 is 0 Å². The summed E-state index contributed by atoms with van der Waals surface area (Å²) in [6, 6.07) is 18.7. The maximum Gasteiger partial charge on any atom is 0.115 e. The Labute approximate surface area is 127 Å². The normalized spacial score (nSPS) is 12.5. The molecule has 2 nitrogen and oxygen atoms in total. The monoisotopic (exact) mass is 283 g/mol. The zero-order chi connectivity index (χ0) is 15.1. The van der Waals surface area contributed by atoms with Gasteiger partial charge in [-0.2, -0.15) is 0 Å². The third kappa shape index (κ3) is 5.60. The standard InChI is InChI=1S/C19H25NO/c1-15(2)20-14-18(12-16-6-4-3-5-7-16)13-17-8-10-19(21)11-9-17/h3-11,15,18,20-21H,12-14H2,1-2H3. The third-order valence-electron chi connectivity index (χ3n) is 3.64. The van der Waals surface area contributed by atoms with E-state index in [-0.39, 0.29) is 0 Å². The van der Waals surface area contributed by atoms with Crippen molar-refractivity contribution in [2.75, 3.05) is 6.54 Å². The summed E-state index contributed by atoms with van der Waals surface area (Å²) in [6.07, 6.45) is 2.09. The van der Waals surface area contributed by atoms with Gasteiger partial charge in [-0.3, -0.25) is 0 Å². The molecule has 0 fully saturated rings. The molecule has 1 atom stereocenters. The van der Waals surface area contributed by atoms with Gasteiger partial charge in [-0.1, -0.05) is 56.3 Å². The summed E-state index contributed by atoms with van der Waals surface area (Å²) in [7, 11) is 0. The first-order valence-corrected chi connectivity index (χ1v) is 7.68. The zero-order valence-electron chi connectivity index (χ0n) is 12.9. The van der Waals surface area contributed by atoms with E-state index in [9.17, 15) is 5.11 Å². The number of hydrogen-bond donors (Lipinski definition) is 2. The van der Waals surface area contributed by atoms with Gasteiger partial charge in [0.2, 0.25) is 0 Å². The largest absolute Gasteiger partial charge is 0.508 e. The van der Waals surface area contributed by atoms with Crippen LogP contribution in [-0.2, 0) is 12.8 Å². The lowest BCUT2D eigenvalue weighted by molar-refractivity contribution is 0.443. The summed E-state index contributed by atoms with van der Waals surface area (Å²) in [6.45, 7) is 5.37. The summed E-state index contributed by atoms with van der Waals surface area (Å²) in [5, 5.41) is 12.9. The number of benzene rings is 2. The Hall–Kier alpha value is -1.80. The van der Waals surface area contributed by atoms with Crippen molar-refractivity contribution in [2.45, 2.75) is 32.7 Å². The van der Waals surface area contributed by atoms with E-state index in [1.165, 1.54) is 11.1 Å². The van der Waals surface area contributed by atoms with Crippen LogP contribution in [0.3, 0.4) is 0 Å². The molecular weight excluding hydrogens is 258 g/mol. The maximum absolute atomic E-state index is 9.39.